The van der Waals surface area contributed by atoms with Crippen LogP contribution in [0.1, 0.15) is 2.85 Å². The summed E-state index contributed by atoms with van der Waals surface area (Å²) in [7, 11) is -1.31. The van der Waals surface area contributed by atoms with E-state index < -0.39 is 8.80 Å². The Kier molecular flexibility index (Phi) is 6.05. The summed E-state index contributed by atoms with van der Waals surface area (Å²) in [5, 5.41) is 4.42. The van der Waals surface area contributed by atoms with Crippen LogP contribution in [-0.4, -0.2) is 46.5 Å². The van der Waals surface area contributed by atoms with E-state index in [2.05, 4.69) is 91.0 Å². The molecule has 20 heavy (non-hydrogen) atoms. The minimum Gasteiger partial charge on any atom is -1.00 e. The van der Waals surface area contributed by atoms with Gasteiger partial charge in [-0.05, 0) is 0 Å². The molecular formula is C18H18CaSi. The topological polar surface area (TPSA) is 0 Å². The Bertz CT molecular complexity index is 539. The molecule has 2 heteroatoms. The van der Waals surface area contributed by atoms with Crippen molar-refractivity contribution in [2.45, 2.75) is 0 Å². The summed E-state index contributed by atoms with van der Waals surface area (Å²) < 4.78 is 0. The van der Waals surface area contributed by atoms with E-state index in [4.69, 9.17) is 0 Å². The van der Waals surface area contributed by atoms with Crippen LogP contribution in [0.3, 0.4) is 0 Å². The van der Waals surface area contributed by atoms with Gasteiger partial charge in [0.2, 0.25) is 0 Å². The first-order valence-electron chi connectivity index (χ1n) is 6.60. The first-order valence-corrected chi connectivity index (χ1v) is 8.33. The van der Waals surface area contributed by atoms with Crippen molar-refractivity contribution < 1.29 is 2.85 Å². The zero-order valence-electron chi connectivity index (χ0n) is 13.4. The molecule has 0 aliphatic heterocycles. The summed E-state index contributed by atoms with van der Waals surface area (Å²) in [6, 6.07) is 32.7. The molecule has 0 aliphatic carbocycles. The van der Waals surface area contributed by atoms with Crippen LogP contribution in [0.4, 0.5) is 0 Å². The maximum Gasteiger partial charge on any atom is 2.00 e. The molecule has 0 fully saturated rings. The standard InChI is InChI=1S/C18H16Si.Ca.2H/c1-4-10-16(11-5-1)19(17-12-6-2-7-13-17)18-14-8-3-9-15-18;;;/h1-15,19H;;;/q;+2;2*-1. The first-order chi connectivity index (χ1) is 9.45. The number of rotatable bonds is 3. The molecule has 0 N–H and O–H groups in total. The van der Waals surface area contributed by atoms with Gasteiger partial charge in [-0.15, -0.1) is 0 Å². The van der Waals surface area contributed by atoms with Gasteiger partial charge in [0.05, 0.1) is 0 Å². The molecule has 0 spiro atoms. The summed E-state index contributed by atoms with van der Waals surface area (Å²) in [4.78, 5) is 0. The van der Waals surface area contributed by atoms with Crippen molar-refractivity contribution in [2.24, 2.45) is 0 Å². The molecule has 0 amide bonds. The minimum absolute atomic E-state index is 0. The van der Waals surface area contributed by atoms with Gasteiger partial charge in [-0.2, -0.15) is 0 Å². The second-order valence-corrected chi connectivity index (χ2v) is 7.53. The van der Waals surface area contributed by atoms with Crippen LogP contribution in [0.5, 0.6) is 0 Å². The predicted molar refractivity (Wildman–Crippen MR) is 93.4 cm³/mol. The Morgan fingerprint density at radius 3 is 0.950 bits per heavy atom. The molecule has 0 heterocycles. The van der Waals surface area contributed by atoms with Gasteiger partial charge in [0, 0.05) is 0 Å². The molecule has 0 aliphatic rings. The molecular weight excluding hydrogens is 284 g/mol. The fourth-order valence-electron chi connectivity index (χ4n) is 2.51. The maximum absolute atomic E-state index is 2.26. The molecule has 0 radical (unpaired) electrons. The SMILES string of the molecule is [Ca+2].[H-].[H-].c1ccc([SiH](c2ccccc2)c2ccccc2)cc1. The quantitative estimate of drug-likeness (QED) is 0.511. The van der Waals surface area contributed by atoms with E-state index in [1.807, 2.05) is 0 Å². The van der Waals surface area contributed by atoms with Crippen LogP contribution in [-0.2, 0) is 0 Å². The van der Waals surface area contributed by atoms with Gasteiger partial charge in [-0.1, -0.05) is 107 Å². The molecule has 0 saturated heterocycles. The zero-order valence-corrected chi connectivity index (χ0v) is 14.8. The van der Waals surface area contributed by atoms with Crippen molar-refractivity contribution >= 4 is 62.1 Å². The molecule has 0 aromatic heterocycles. The Morgan fingerprint density at radius 1 is 0.450 bits per heavy atom. The molecule has 0 bridgehead atoms. The van der Waals surface area contributed by atoms with Gasteiger partial charge < -0.3 is 2.85 Å². The van der Waals surface area contributed by atoms with E-state index in [9.17, 15) is 0 Å². The largest absolute Gasteiger partial charge is 2.00 e. The average molecular weight is 303 g/mol. The van der Waals surface area contributed by atoms with E-state index >= 15 is 0 Å². The van der Waals surface area contributed by atoms with Crippen LogP contribution in [0, 0.1) is 0 Å². The van der Waals surface area contributed by atoms with Crippen LogP contribution in [0.15, 0.2) is 91.0 Å². The molecule has 3 rings (SSSR count). The van der Waals surface area contributed by atoms with E-state index in [-0.39, 0.29) is 40.6 Å². The summed E-state index contributed by atoms with van der Waals surface area (Å²) in [5.74, 6) is 0. The third-order valence-corrected chi connectivity index (χ3v) is 6.55. The Morgan fingerprint density at radius 2 is 0.700 bits per heavy atom. The van der Waals surface area contributed by atoms with Crippen molar-refractivity contribution in [2.75, 3.05) is 0 Å². The Balaban J connectivity index is 0.00000147. The summed E-state index contributed by atoms with van der Waals surface area (Å²) in [6.07, 6.45) is 0. The van der Waals surface area contributed by atoms with Crippen LogP contribution >= 0.6 is 0 Å². The van der Waals surface area contributed by atoms with E-state index in [1.165, 1.54) is 15.6 Å². The van der Waals surface area contributed by atoms with Crippen LogP contribution in [0.2, 0.25) is 0 Å². The molecule has 3 aromatic carbocycles. The fraction of sp³-hybridized carbons (Fsp3) is 0. The van der Waals surface area contributed by atoms with Crippen molar-refractivity contribution in [3.05, 3.63) is 91.0 Å². The number of hydrogen-bond donors (Lipinski definition) is 0. The van der Waals surface area contributed by atoms with Gasteiger partial charge in [0.1, 0.15) is 8.80 Å². The number of benzene rings is 3. The van der Waals surface area contributed by atoms with Gasteiger partial charge in [-0.3, -0.25) is 0 Å². The van der Waals surface area contributed by atoms with Gasteiger partial charge >= 0.3 is 37.7 Å². The predicted octanol–water partition coefficient (Wildman–Crippen LogP) is 1.78. The first kappa shape index (κ1) is 15.5. The summed E-state index contributed by atoms with van der Waals surface area (Å²) >= 11 is 0. The van der Waals surface area contributed by atoms with E-state index in [0.717, 1.165) is 0 Å². The summed E-state index contributed by atoms with van der Waals surface area (Å²) in [5.41, 5.74) is 0. The average Bonchev–Trinajstić information content (AvgIpc) is 2.51. The van der Waals surface area contributed by atoms with Gasteiger partial charge in [0.15, 0.2) is 0 Å². The zero-order chi connectivity index (χ0) is 12.9. The number of hydrogen-bond acceptors (Lipinski definition) is 0. The Hall–Kier alpha value is -0.863. The molecule has 3 aromatic rings. The molecule has 0 saturated carbocycles. The monoisotopic (exact) mass is 302 g/mol. The van der Waals surface area contributed by atoms with Crippen molar-refractivity contribution in [3.63, 3.8) is 0 Å². The molecule has 0 nitrogen and oxygen atoms in total. The smallest absolute Gasteiger partial charge is 1.00 e. The molecule has 0 unspecified atom stereocenters. The maximum atomic E-state index is 2.26. The van der Waals surface area contributed by atoms with Crippen molar-refractivity contribution in [1.29, 1.82) is 0 Å². The second kappa shape index (κ2) is 7.80. The third kappa shape index (κ3) is 3.61. The normalized spacial score (nSPS) is 10.1. The minimum atomic E-state index is -1.31. The molecule has 96 valence electrons. The fourth-order valence-corrected chi connectivity index (χ4v) is 5.49. The Labute approximate surface area is 155 Å². The molecule has 0 atom stereocenters. The van der Waals surface area contributed by atoms with Crippen molar-refractivity contribution in [1.82, 2.24) is 0 Å². The van der Waals surface area contributed by atoms with Gasteiger partial charge in [0.25, 0.3) is 0 Å². The third-order valence-electron chi connectivity index (χ3n) is 3.40. The summed E-state index contributed by atoms with van der Waals surface area (Å²) in [6.45, 7) is 0. The van der Waals surface area contributed by atoms with Crippen molar-refractivity contribution in [3.8, 4) is 0 Å². The van der Waals surface area contributed by atoms with Crippen LogP contribution in [0.25, 0.3) is 0 Å². The van der Waals surface area contributed by atoms with Crippen LogP contribution < -0.4 is 15.6 Å². The van der Waals surface area contributed by atoms with E-state index in [1.54, 1.807) is 0 Å². The van der Waals surface area contributed by atoms with Gasteiger partial charge in [-0.25, -0.2) is 0 Å². The second-order valence-electron chi connectivity index (χ2n) is 4.67. The van der Waals surface area contributed by atoms with E-state index in [0.29, 0.717) is 0 Å².